The Morgan fingerprint density at radius 3 is 2.72 bits per heavy atom. The van der Waals surface area contributed by atoms with E-state index >= 15 is 0 Å². The first-order chi connectivity index (χ1) is 11.8. The van der Waals surface area contributed by atoms with Gasteiger partial charge in [-0.15, -0.1) is 0 Å². The van der Waals surface area contributed by atoms with Crippen LogP contribution >= 0.6 is 0 Å². The Balaban J connectivity index is 2.09. The lowest BCUT2D eigenvalue weighted by Crippen LogP contribution is -2.08. The highest BCUT2D eigenvalue weighted by Gasteiger charge is 2.11. The number of nitrogens with one attached hydrogen (secondary N) is 1. The zero-order valence-corrected chi connectivity index (χ0v) is 13.8. The van der Waals surface area contributed by atoms with Gasteiger partial charge in [0.1, 0.15) is 11.5 Å². The number of aromatic hydroxyl groups is 1. The molecule has 0 heterocycles. The van der Waals surface area contributed by atoms with E-state index in [2.05, 4.69) is 5.32 Å². The molecule has 0 saturated carbocycles. The van der Waals surface area contributed by atoms with Gasteiger partial charge in [-0.1, -0.05) is 12.1 Å². The fourth-order valence-corrected chi connectivity index (χ4v) is 2.05. The van der Waals surface area contributed by atoms with E-state index < -0.39 is 10.8 Å². The summed E-state index contributed by atoms with van der Waals surface area (Å²) in [5, 5.41) is 22.9. The van der Waals surface area contributed by atoms with Gasteiger partial charge in [-0.05, 0) is 43.7 Å². The average Bonchev–Trinajstić information content (AvgIpc) is 2.54. The first-order valence-electron chi connectivity index (χ1n) is 7.58. The summed E-state index contributed by atoms with van der Waals surface area (Å²) in [4.78, 5) is 22.1. The largest absolute Gasteiger partial charge is 0.506 e. The van der Waals surface area contributed by atoms with Crippen LogP contribution in [0.5, 0.6) is 11.5 Å². The van der Waals surface area contributed by atoms with Crippen LogP contribution in [0.1, 0.15) is 19.4 Å². The van der Waals surface area contributed by atoms with Gasteiger partial charge < -0.3 is 15.2 Å². The number of hydrogen-bond donors (Lipinski definition) is 2. The van der Waals surface area contributed by atoms with Gasteiger partial charge in [0.25, 0.3) is 5.69 Å². The van der Waals surface area contributed by atoms with E-state index in [1.165, 1.54) is 6.08 Å². The molecule has 130 valence electrons. The maximum Gasteiger partial charge on any atom is 0.271 e. The van der Waals surface area contributed by atoms with Gasteiger partial charge in [0, 0.05) is 18.2 Å². The van der Waals surface area contributed by atoms with Crippen molar-refractivity contribution in [2.45, 2.75) is 20.0 Å². The minimum absolute atomic E-state index is 0.0271. The molecule has 0 unspecified atom stereocenters. The third-order valence-electron chi connectivity index (χ3n) is 3.11. The van der Waals surface area contributed by atoms with Crippen molar-refractivity contribution in [1.82, 2.24) is 0 Å². The Hall–Kier alpha value is -3.35. The zero-order valence-electron chi connectivity index (χ0n) is 13.8. The third kappa shape index (κ3) is 5.35. The van der Waals surface area contributed by atoms with E-state index in [-0.39, 0.29) is 23.2 Å². The van der Waals surface area contributed by atoms with Crippen molar-refractivity contribution >= 4 is 23.4 Å². The molecule has 0 atom stereocenters. The summed E-state index contributed by atoms with van der Waals surface area (Å²) >= 11 is 0. The second kappa shape index (κ2) is 7.96. The first kappa shape index (κ1) is 18.0. The molecule has 7 nitrogen and oxygen atoms in total. The van der Waals surface area contributed by atoms with Gasteiger partial charge in [-0.2, -0.15) is 0 Å². The SMILES string of the molecule is CC(C)Oc1cccc(/C=C/C(=O)Nc2cc([N+](=O)[O-])ccc2O)c1. The molecule has 1 amide bonds. The van der Waals surface area contributed by atoms with Crippen LogP contribution < -0.4 is 10.1 Å². The van der Waals surface area contributed by atoms with Crippen LogP contribution in [0.25, 0.3) is 6.08 Å². The summed E-state index contributed by atoms with van der Waals surface area (Å²) in [6.07, 6.45) is 2.89. The first-order valence-corrected chi connectivity index (χ1v) is 7.58. The number of anilines is 1. The van der Waals surface area contributed by atoms with Gasteiger partial charge >= 0.3 is 0 Å². The van der Waals surface area contributed by atoms with Crippen molar-refractivity contribution in [3.63, 3.8) is 0 Å². The van der Waals surface area contributed by atoms with Crippen molar-refractivity contribution < 1.29 is 19.6 Å². The molecule has 0 spiro atoms. The Labute approximate surface area is 144 Å². The number of nitro groups is 1. The monoisotopic (exact) mass is 342 g/mol. The van der Waals surface area contributed by atoms with Crippen LogP contribution in [0.4, 0.5) is 11.4 Å². The number of rotatable bonds is 6. The molecule has 2 aromatic carbocycles. The fraction of sp³-hybridized carbons (Fsp3) is 0.167. The van der Waals surface area contributed by atoms with E-state index in [0.717, 1.165) is 23.8 Å². The molecule has 0 aliphatic heterocycles. The molecule has 25 heavy (non-hydrogen) atoms. The highest BCUT2D eigenvalue weighted by Crippen LogP contribution is 2.27. The Kier molecular flexibility index (Phi) is 5.73. The summed E-state index contributed by atoms with van der Waals surface area (Å²) in [7, 11) is 0. The summed E-state index contributed by atoms with van der Waals surface area (Å²) in [5.41, 5.74) is 0.507. The lowest BCUT2D eigenvalue weighted by Gasteiger charge is -2.09. The van der Waals surface area contributed by atoms with Crippen LogP contribution in [0.3, 0.4) is 0 Å². The summed E-state index contributed by atoms with van der Waals surface area (Å²) < 4.78 is 5.58. The lowest BCUT2D eigenvalue weighted by atomic mass is 10.2. The number of hydrogen-bond acceptors (Lipinski definition) is 5. The minimum Gasteiger partial charge on any atom is -0.506 e. The molecule has 0 fully saturated rings. The van der Waals surface area contributed by atoms with Gasteiger partial charge in [-0.25, -0.2) is 0 Å². The summed E-state index contributed by atoms with van der Waals surface area (Å²) in [5.74, 6) is -0.0838. The van der Waals surface area contributed by atoms with Crippen molar-refractivity contribution in [2.24, 2.45) is 0 Å². The quantitative estimate of drug-likeness (QED) is 0.360. The van der Waals surface area contributed by atoms with Crippen molar-refractivity contribution in [3.8, 4) is 11.5 Å². The third-order valence-corrected chi connectivity index (χ3v) is 3.11. The number of ether oxygens (including phenoxy) is 1. The fourth-order valence-electron chi connectivity index (χ4n) is 2.05. The van der Waals surface area contributed by atoms with Gasteiger partial charge in [0.15, 0.2) is 0 Å². The highest BCUT2D eigenvalue weighted by atomic mass is 16.6. The van der Waals surface area contributed by atoms with E-state index in [0.29, 0.717) is 5.75 Å². The van der Waals surface area contributed by atoms with Crippen LogP contribution in [0.15, 0.2) is 48.5 Å². The van der Waals surface area contributed by atoms with Crippen molar-refractivity contribution in [3.05, 3.63) is 64.2 Å². The molecule has 0 aliphatic rings. The number of amides is 1. The van der Waals surface area contributed by atoms with Crippen LogP contribution in [0.2, 0.25) is 0 Å². The molecule has 0 saturated heterocycles. The molecule has 2 rings (SSSR count). The second-order valence-corrected chi connectivity index (χ2v) is 5.52. The topological polar surface area (TPSA) is 102 Å². The summed E-state index contributed by atoms with van der Waals surface area (Å²) in [6.45, 7) is 3.84. The molecular formula is C18H18N2O5. The van der Waals surface area contributed by atoms with Crippen LogP contribution in [0, 0.1) is 10.1 Å². The van der Waals surface area contributed by atoms with Gasteiger partial charge in [0.05, 0.1) is 16.7 Å². The molecule has 2 aromatic rings. The van der Waals surface area contributed by atoms with E-state index in [4.69, 9.17) is 4.74 Å². The molecule has 0 aromatic heterocycles. The van der Waals surface area contributed by atoms with Gasteiger partial charge in [0.2, 0.25) is 5.91 Å². The molecule has 2 N–H and O–H groups in total. The molecule has 7 heteroatoms. The van der Waals surface area contributed by atoms with Crippen LogP contribution in [-0.4, -0.2) is 22.0 Å². The predicted molar refractivity (Wildman–Crippen MR) is 94.6 cm³/mol. The normalized spacial score (nSPS) is 10.8. The molecular weight excluding hydrogens is 324 g/mol. The number of phenols is 1. The summed E-state index contributed by atoms with van der Waals surface area (Å²) in [6, 6.07) is 10.6. The van der Waals surface area contributed by atoms with Gasteiger partial charge in [-0.3, -0.25) is 14.9 Å². The number of nitro benzene ring substituents is 1. The Bertz CT molecular complexity index is 815. The molecule has 0 bridgehead atoms. The van der Waals surface area contributed by atoms with E-state index in [1.807, 2.05) is 32.0 Å². The highest BCUT2D eigenvalue weighted by molar-refractivity contribution is 6.02. The smallest absolute Gasteiger partial charge is 0.271 e. The van der Waals surface area contributed by atoms with Crippen LogP contribution in [-0.2, 0) is 4.79 Å². The number of carbonyl (C=O) groups excluding carboxylic acids is 1. The lowest BCUT2D eigenvalue weighted by molar-refractivity contribution is -0.384. The maximum atomic E-state index is 12.0. The number of benzene rings is 2. The molecule has 0 radical (unpaired) electrons. The average molecular weight is 342 g/mol. The minimum atomic E-state index is -0.606. The molecule has 0 aliphatic carbocycles. The van der Waals surface area contributed by atoms with Crippen molar-refractivity contribution in [1.29, 1.82) is 0 Å². The number of nitrogens with zero attached hydrogens (tertiary/aromatic N) is 1. The second-order valence-electron chi connectivity index (χ2n) is 5.52. The number of non-ortho nitro benzene ring substituents is 1. The predicted octanol–water partition coefficient (Wildman–Crippen LogP) is 3.74. The standard InChI is InChI=1S/C18H18N2O5/c1-12(2)25-15-5-3-4-13(10-15)6-9-18(22)19-16-11-14(20(23)24)7-8-17(16)21/h3-12,21H,1-2H3,(H,19,22)/b9-6+. The Morgan fingerprint density at radius 1 is 1.28 bits per heavy atom. The number of carbonyl (C=O) groups is 1. The zero-order chi connectivity index (χ0) is 18.4. The van der Waals surface area contributed by atoms with E-state index in [1.54, 1.807) is 12.1 Å². The maximum absolute atomic E-state index is 12.0. The Morgan fingerprint density at radius 2 is 2.04 bits per heavy atom. The van der Waals surface area contributed by atoms with E-state index in [9.17, 15) is 20.0 Å². The number of phenolic OH excluding ortho intramolecular Hbond substituents is 1. The van der Waals surface area contributed by atoms with Crippen molar-refractivity contribution in [2.75, 3.05) is 5.32 Å².